The molecule has 0 radical (unpaired) electrons. The summed E-state index contributed by atoms with van der Waals surface area (Å²) >= 11 is 0. The summed E-state index contributed by atoms with van der Waals surface area (Å²) in [5, 5.41) is 2.85. The van der Waals surface area contributed by atoms with Gasteiger partial charge in [-0.2, -0.15) is 0 Å². The van der Waals surface area contributed by atoms with Crippen LogP contribution in [0.1, 0.15) is 42.5 Å². The molecule has 0 spiro atoms. The summed E-state index contributed by atoms with van der Waals surface area (Å²) in [6, 6.07) is 5.02. The molecule has 1 atom stereocenters. The molecule has 1 aromatic carbocycles. The third-order valence-corrected chi connectivity index (χ3v) is 6.13. The second-order valence-corrected chi connectivity index (χ2v) is 8.38. The molecule has 8 nitrogen and oxygen atoms in total. The minimum atomic E-state index is -1.59. The van der Waals surface area contributed by atoms with Gasteiger partial charge in [0.1, 0.15) is 12.0 Å². The van der Waals surface area contributed by atoms with Crippen LogP contribution in [-0.2, 0) is 9.59 Å². The Morgan fingerprint density at radius 2 is 1.94 bits per heavy atom. The number of nitrogens with zero attached hydrogens (tertiary/aromatic N) is 2. The van der Waals surface area contributed by atoms with Gasteiger partial charge in [-0.25, -0.2) is 8.78 Å². The number of primary amides is 1. The maximum atomic E-state index is 14.0. The smallest absolute Gasteiger partial charge is 0.277 e. The number of alkyl halides is 1. The number of nitrogens with one attached hydrogen (secondary N) is 2. The molecule has 0 saturated heterocycles. The number of H-pyrrole nitrogens is 1. The van der Waals surface area contributed by atoms with Crippen molar-refractivity contribution in [1.82, 2.24) is 4.98 Å². The number of dihydropyridines is 1. The molecule has 33 heavy (non-hydrogen) atoms. The number of nitrogens with two attached hydrogens (primary N) is 1. The number of aromatic nitrogens is 1. The predicted molar refractivity (Wildman–Crippen MR) is 122 cm³/mol. The molecular weight excluding hydrogens is 432 g/mol. The average molecular weight is 457 g/mol. The summed E-state index contributed by atoms with van der Waals surface area (Å²) in [5.41, 5.74) is 6.06. The Morgan fingerprint density at radius 3 is 2.61 bits per heavy atom. The monoisotopic (exact) mass is 457 g/mol. The van der Waals surface area contributed by atoms with Gasteiger partial charge < -0.3 is 20.9 Å². The van der Waals surface area contributed by atoms with E-state index in [0.717, 1.165) is 32.1 Å². The maximum Gasteiger partial charge on any atom is 0.277 e. The van der Waals surface area contributed by atoms with Crippen molar-refractivity contribution in [3.05, 3.63) is 35.7 Å². The zero-order valence-electron chi connectivity index (χ0n) is 18.2. The van der Waals surface area contributed by atoms with E-state index >= 15 is 0 Å². The first kappa shape index (κ1) is 22.6. The normalized spacial score (nSPS) is 19.1. The standard InChI is InChI=1S/C23H25F2N5O3/c1-30(23(33)12-5-3-2-4-6-12)14-7-8-15-17(10-14)28-21(18(15)20(26)31)29-22(32)19-16(25)9-13(24)11-27-19/h7-10,12-13,28H,2-6,11H2,1H3,(H2,26,31)(H,29,32). The Bertz CT molecular complexity index is 1180. The number of aliphatic imine (C=N–C) groups is 1. The van der Waals surface area contributed by atoms with Crippen molar-refractivity contribution in [2.75, 3.05) is 23.8 Å². The van der Waals surface area contributed by atoms with E-state index in [0.29, 0.717) is 22.7 Å². The number of hydrogen-bond acceptors (Lipinski definition) is 4. The van der Waals surface area contributed by atoms with Crippen LogP contribution >= 0.6 is 0 Å². The molecule has 2 aromatic rings. The number of amides is 3. The number of fused-ring (bicyclic) bond motifs is 1. The van der Waals surface area contributed by atoms with E-state index < -0.39 is 29.5 Å². The summed E-state index contributed by atoms with van der Waals surface area (Å²) in [7, 11) is 1.70. The average Bonchev–Trinajstić information content (AvgIpc) is 3.15. The Morgan fingerprint density at radius 1 is 1.21 bits per heavy atom. The van der Waals surface area contributed by atoms with Gasteiger partial charge in [-0.05, 0) is 37.1 Å². The third-order valence-electron chi connectivity index (χ3n) is 6.13. The SMILES string of the molecule is CN(C(=O)C1CCCCC1)c1ccc2c(C(N)=O)c(NC(=O)C3=NCC(F)C=C3F)[nH]c2c1. The Kier molecular flexibility index (Phi) is 6.26. The molecule has 2 heterocycles. The van der Waals surface area contributed by atoms with Gasteiger partial charge in [0.05, 0.1) is 12.1 Å². The molecule has 0 bridgehead atoms. The van der Waals surface area contributed by atoms with Gasteiger partial charge in [0, 0.05) is 29.6 Å². The molecule has 4 N–H and O–H groups in total. The van der Waals surface area contributed by atoms with Crippen molar-refractivity contribution in [2.24, 2.45) is 16.6 Å². The molecule has 1 aliphatic carbocycles. The molecule has 3 amide bonds. The van der Waals surface area contributed by atoms with Crippen molar-refractivity contribution in [3.63, 3.8) is 0 Å². The van der Waals surface area contributed by atoms with Crippen LogP contribution in [0.4, 0.5) is 20.3 Å². The second kappa shape index (κ2) is 9.13. The molecule has 1 saturated carbocycles. The highest BCUT2D eigenvalue weighted by Gasteiger charge is 2.27. The Balaban J connectivity index is 1.62. The lowest BCUT2D eigenvalue weighted by molar-refractivity contribution is -0.123. The lowest BCUT2D eigenvalue weighted by Crippen LogP contribution is -2.33. The van der Waals surface area contributed by atoms with Gasteiger partial charge >= 0.3 is 0 Å². The number of benzene rings is 1. The second-order valence-electron chi connectivity index (χ2n) is 8.38. The van der Waals surface area contributed by atoms with E-state index in [1.165, 1.54) is 0 Å². The number of halogens is 2. The molecule has 4 rings (SSSR count). The van der Waals surface area contributed by atoms with E-state index in [1.54, 1.807) is 30.1 Å². The highest BCUT2D eigenvalue weighted by Crippen LogP contribution is 2.31. The van der Waals surface area contributed by atoms with Crippen molar-refractivity contribution in [1.29, 1.82) is 0 Å². The molecular formula is C23H25F2N5O3. The molecule has 174 valence electrons. The van der Waals surface area contributed by atoms with Crippen molar-refractivity contribution in [2.45, 2.75) is 38.3 Å². The first-order valence-corrected chi connectivity index (χ1v) is 10.9. The highest BCUT2D eigenvalue weighted by atomic mass is 19.1. The van der Waals surface area contributed by atoms with Crippen LogP contribution in [0.25, 0.3) is 10.9 Å². The van der Waals surface area contributed by atoms with Gasteiger partial charge in [0.2, 0.25) is 5.91 Å². The molecule has 1 unspecified atom stereocenters. The molecule has 1 fully saturated rings. The van der Waals surface area contributed by atoms with E-state index in [2.05, 4.69) is 15.3 Å². The quantitative estimate of drug-likeness (QED) is 0.638. The van der Waals surface area contributed by atoms with Gasteiger partial charge in [0.25, 0.3) is 11.8 Å². The van der Waals surface area contributed by atoms with E-state index in [9.17, 15) is 23.2 Å². The topological polar surface area (TPSA) is 121 Å². The Labute approximate surface area is 188 Å². The number of aromatic amines is 1. The lowest BCUT2D eigenvalue weighted by Gasteiger charge is -2.26. The summed E-state index contributed by atoms with van der Waals surface area (Å²) in [6.45, 7) is -0.365. The zero-order chi connectivity index (χ0) is 23.7. The van der Waals surface area contributed by atoms with E-state index in [-0.39, 0.29) is 29.8 Å². The number of carbonyl (C=O) groups excluding carboxylic acids is 3. The predicted octanol–water partition coefficient (Wildman–Crippen LogP) is 3.39. The molecule has 2 aliphatic rings. The largest absolute Gasteiger partial charge is 0.365 e. The zero-order valence-corrected chi connectivity index (χ0v) is 18.2. The fourth-order valence-electron chi connectivity index (χ4n) is 4.39. The maximum absolute atomic E-state index is 14.0. The number of carbonyl (C=O) groups is 3. The van der Waals surface area contributed by atoms with Crippen molar-refractivity contribution < 1.29 is 23.2 Å². The van der Waals surface area contributed by atoms with Gasteiger partial charge in [0.15, 0.2) is 11.5 Å². The fourth-order valence-corrected chi connectivity index (χ4v) is 4.39. The number of hydrogen-bond donors (Lipinski definition) is 3. The summed E-state index contributed by atoms with van der Waals surface area (Å²) in [6.07, 6.45) is 4.04. The van der Waals surface area contributed by atoms with E-state index in [1.807, 2.05) is 0 Å². The highest BCUT2D eigenvalue weighted by molar-refractivity contribution is 6.48. The number of rotatable bonds is 5. The number of anilines is 2. The molecule has 1 aromatic heterocycles. The van der Waals surface area contributed by atoms with E-state index in [4.69, 9.17) is 5.73 Å². The van der Waals surface area contributed by atoms with Crippen LogP contribution in [0.3, 0.4) is 0 Å². The minimum Gasteiger partial charge on any atom is -0.365 e. The van der Waals surface area contributed by atoms with Crippen molar-refractivity contribution in [3.8, 4) is 0 Å². The molecule has 10 heteroatoms. The molecule has 1 aliphatic heterocycles. The van der Waals surface area contributed by atoms with Gasteiger partial charge in [-0.15, -0.1) is 0 Å². The van der Waals surface area contributed by atoms with Gasteiger partial charge in [-0.1, -0.05) is 19.3 Å². The summed E-state index contributed by atoms with van der Waals surface area (Å²) in [4.78, 5) is 45.6. The van der Waals surface area contributed by atoms with Crippen LogP contribution in [0.5, 0.6) is 0 Å². The lowest BCUT2D eigenvalue weighted by atomic mass is 9.88. The van der Waals surface area contributed by atoms with Crippen LogP contribution in [-0.4, -0.2) is 48.2 Å². The van der Waals surface area contributed by atoms with Gasteiger partial charge in [-0.3, -0.25) is 19.4 Å². The van der Waals surface area contributed by atoms with Crippen LogP contribution in [0, 0.1) is 5.92 Å². The third kappa shape index (κ3) is 4.50. The van der Waals surface area contributed by atoms with Crippen LogP contribution in [0.15, 0.2) is 35.1 Å². The van der Waals surface area contributed by atoms with Crippen LogP contribution in [0.2, 0.25) is 0 Å². The first-order valence-electron chi connectivity index (χ1n) is 10.9. The summed E-state index contributed by atoms with van der Waals surface area (Å²) in [5.74, 6) is -2.82. The summed E-state index contributed by atoms with van der Waals surface area (Å²) < 4.78 is 27.2. The minimum absolute atomic E-state index is 0.00956. The van der Waals surface area contributed by atoms with Crippen LogP contribution < -0.4 is 16.0 Å². The Hall–Kier alpha value is -3.56. The van der Waals surface area contributed by atoms with Crippen molar-refractivity contribution >= 4 is 45.8 Å². The first-order chi connectivity index (χ1) is 15.8. The fraction of sp³-hybridized carbons (Fsp3) is 0.391.